The summed E-state index contributed by atoms with van der Waals surface area (Å²) in [5.41, 5.74) is -1.22. The van der Waals surface area contributed by atoms with E-state index < -0.39 is 22.8 Å². The van der Waals surface area contributed by atoms with Crippen LogP contribution in [0.15, 0.2) is 12.2 Å². The Balaban J connectivity index is 1.63. The number of carboxylic acid groups (broad SMARTS) is 2. The molecule has 4 nitrogen and oxygen atoms in total. The summed E-state index contributed by atoms with van der Waals surface area (Å²) in [7, 11) is 0. The van der Waals surface area contributed by atoms with E-state index in [-0.39, 0.29) is 0 Å². The number of carbonyl (C=O) groups is 2. The smallest absolute Gasteiger partial charge is 0.309 e. The van der Waals surface area contributed by atoms with Gasteiger partial charge in [0.05, 0.1) is 10.8 Å². The summed E-state index contributed by atoms with van der Waals surface area (Å²) in [6, 6.07) is 0. The third-order valence-corrected chi connectivity index (χ3v) is 9.83. The molecular formula is C24H40O4S2. The van der Waals surface area contributed by atoms with Gasteiger partial charge in [-0.05, 0) is 79.1 Å². The van der Waals surface area contributed by atoms with Crippen LogP contribution in [-0.4, -0.2) is 43.2 Å². The van der Waals surface area contributed by atoms with E-state index in [1.165, 1.54) is 25.7 Å². The molecule has 4 atom stereocenters. The van der Waals surface area contributed by atoms with Crippen LogP contribution in [0, 0.1) is 10.8 Å². The average Bonchev–Trinajstić information content (AvgIpc) is 3.29. The van der Waals surface area contributed by atoms with Crippen LogP contribution < -0.4 is 0 Å². The zero-order valence-electron chi connectivity index (χ0n) is 19.1. The standard InChI is InChI=1S/C24H40O4S2/c1-23(2,21(25)26)15-5-7-17-9-11-19(29-17)13-14-20-12-10-18(30-20)8-6-16-24(3,4)22(27)28/h13-14,17-20H,5-12,15-16H2,1-4H3,(H,25,26)(H,27,28)/b14-13-. The Bertz CT molecular complexity index is 562. The summed E-state index contributed by atoms with van der Waals surface area (Å²) in [6.45, 7) is 7.29. The Morgan fingerprint density at radius 1 is 0.767 bits per heavy atom. The SMILES string of the molecule is CC(C)(CCCC1CCC(/C=C\C2CCC(CCCC(C)(C)C(=O)O)S2)S1)C(=O)O. The van der Waals surface area contributed by atoms with E-state index in [0.29, 0.717) is 21.0 Å². The maximum Gasteiger partial charge on any atom is 0.309 e. The number of hydrogen-bond acceptors (Lipinski definition) is 4. The molecule has 172 valence electrons. The highest BCUT2D eigenvalue weighted by Crippen LogP contribution is 2.41. The van der Waals surface area contributed by atoms with Gasteiger partial charge in [0.1, 0.15) is 0 Å². The third kappa shape index (κ3) is 8.14. The van der Waals surface area contributed by atoms with Gasteiger partial charge in [0.2, 0.25) is 0 Å². The van der Waals surface area contributed by atoms with E-state index in [1.807, 2.05) is 27.7 Å². The van der Waals surface area contributed by atoms with Crippen molar-refractivity contribution in [1.29, 1.82) is 0 Å². The van der Waals surface area contributed by atoms with Crippen molar-refractivity contribution in [2.75, 3.05) is 0 Å². The Morgan fingerprint density at radius 2 is 1.13 bits per heavy atom. The summed E-state index contributed by atoms with van der Waals surface area (Å²) in [4.78, 5) is 22.4. The molecule has 0 amide bonds. The second kappa shape index (κ2) is 11.3. The second-order valence-electron chi connectivity index (χ2n) is 10.3. The van der Waals surface area contributed by atoms with Crippen LogP contribution in [0.25, 0.3) is 0 Å². The maximum atomic E-state index is 11.2. The lowest BCUT2D eigenvalue weighted by molar-refractivity contribution is -0.148. The van der Waals surface area contributed by atoms with Crippen molar-refractivity contribution in [3.8, 4) is 0 Å². The predicted octanol–water partition coefficient (Wildman–Crippen LogP) is 6.63. The number of aliphatic carboxylic acids is 2. The second-order valence-corrected chi connectivity index (χ2v) is 13.4. The van der Waals surface area contributed by atoms with E-state index in [1.54, 1.807) is 0 Å². The van der Waals surface area contributed by atoms with Crippen LogP contribution in [0.2, 0.25) is 0 Å². The average molecular weight is 457 g/mol. The molecule has 2 heterocycles. The minimum atomic E-state index is -0.694. The summed E-state index contributed by atoms with van der Waals surface area (Å²) in [5, 5.41) is 21.0. The third-order valence-electron chi connectivity index (χ3n) is 6.63. The van der Waals surface area contributed by atoms with Gasteiger partial charge in [0, 0.05) is 21.0 Å². The van der Waals surface area contributed by atoms with Crippen molar-refractivity contribution in [3.63, 3.8) is 0 Å². The first-order valence-electron chi connectivity index (χ1n) is 11.5. The number of thioether (sulfide) groups is 2. The number of rotatable bonds is 12. The molecular weight excluding hydrogens is 416 g/mol. The van der Waals surface area contributed by atoms with Crippen LogP contribution in [0.1, 0.15) is 91.9 Å². The minimum Gasteiger partial charge on any atom is -0.481 e. The van der Waals surface area contributed by atoms with Crippen LogP contribution in [0.4, 0.5) is 0 Å². The molecule has 0 aliphatic carbocycles. The van der Waals surface area contributed by atoms with Crippen LogP contribution in [0.3, 0.4) is 0 Å². The molecule has 2 rings (SSSR count). The molecule has 6 heteroatoms. The summed E-state index contributed by atoms with van der Waals surface area (Å²) in [6.07, 6.45) is 15.5. The quantitative estimate of drug-likeness (QED) is 0.321. The van der Waals surface area contributed by atoms with Gasteiger partial charge in [-0.3, -0.25) is 9.59 Å². The van der Waals surface area contributed by atoms with Crippen molar-refractivity contribution >= 4 is 35.5 Å². The lowest BCUT2D eigenvalue weighted by atomic mass is 9.87. The molecule has 0 spiro atoms. The highest BCUT2D eigenvalue weighted by molar-refractivity contribution is 8.01. The molecule has 2 N–H and O–H groups in total. The van der Waals surface area contributed by atoms with Crippen molar-refractivity contribution in [3.05, 3.63) is 12.2 Å². The van der Waals surface area contributed by atoms with Gasteiger partial charge in [-0.2, -0.15) is 23.5 Å². The van der Waals surface area contributed by atoms with Gasteiger partial charge < -0.3 is 10.2 Å². The van der Waals surface area contributed by atoms with Crippen molar-refractivity contribution < 1.29 is 19.8 Å². The highest BCUT2D eigenvalue weighted by Gasteiger charge is 2.30. The molecule has 4 unspecified atom stereocenters. The van der Waals surface area contributed by atoms with Crippen LogP contribution >= 0.6 is 23.5 Å². The van der Waals surface area contributed by atoms with Crippen LogP contribution in [0.5, 0.6) is 0 Å². The molecule has 2 aliphatic rings. The zero-order chi connectivity index (χ0) is 22.4. The fraction of sp³-hybridized carbons (Fsp3) is 0.833. The maximum absolute atomic E-state index is 11.2. The van der Waals surface area contributed by atoms with Crippen molar-refractivity contribution in [2.24, 2.45) is 10.8 Å². The number of carboxylic acids is 2. The number of hydrogen-bond donors (Lipinski definition) is 2. The Kier molecular flexibility index (Phi) is 9.66. The molecule has 0 aromatic carbocycles. The zero-order valence-corrected chi connectivity index (χ0v) is 20.7. The monoisotopic (exact) mass is 456 g/mol. The molecule has 2 saturated heterocycles. The Hall–Kier alpha value is -0.620. The molecule has 30 heavy (non-hydrogen) atoms. The van der Waals surface area contributed by atoms with E-state index in [0.717, 1.165) is 38.5 Å². The predicted molar refractivity (Wildman–Crippen MR) is 128 cm³/mol. The van der Waals surface area contributed by atoms with Crippen LogP contribution in [-0.2, 0) is 9.59 Å². The van der Waals surface area contributed by atoms with E-state index in [4.69, 9.17) is 0 Å². The fourth-order valence-corrected chi connectivity index (χ4v) is 7.23. The first-order chi connectivity index (χ1) is 14.0. The molecule has 0 radical (unpaired) electrons. The first-order valence-corrected chi connectivity index (χ1v) is 13.3. The summed E-state index contributed by atoms with van der Waals surface area (Å²) < 4.78 is 0. The van der Waals surface area contributed by atoms with E-state index >= 15 is 0 Å². The minimum absolute atomic E-state index is 0.609. The largest absolute Gasteiger partial charge is 0.481 e. The van der Waals surface area contributed by atoms with Gasteiger partial charge in [-0.15, -0.1) is 0 Å². The molecule has 0 bridgehead atoms. The van der Waals surface area contributed by atoms with Gasteiger partial charge in [0.15, 0.2) is 0 Å². The molecule has 2 aliphatic heterocycles. The fourth-order valence-electron chi connectivity index (χ4n) is 4.18. The van der Waals surface area contributed by atoms with Crippen molar-refractivity contribution in [2.45, 2.75) is 113 Å². The van der Waals surface area contributed by atoms with Gasteiger partial charge in [-0.1, -0.05) is 25.0 Å². The molecule has 0 aromatic heterocycles. The Morgan fingerprint density at radius 3 is 1.47 bits per heavy atom. The van der Waals surface area contributed by atoms with E-state index in [2.05, 4.69) is 35.7 Å². The summed E-state index contributed by atoms with van der Waals surface area (Å²) in [5.74, 6) is -1.39. The Labute approximate surface area is 191 Å². The lowest BCUT2D eigenvalue weighted by Gasteiger charge is -2.19. The van der Waals surface area contributed by atoms with E-state index in [9.17, 15) is 19.8 Å². The van der Waals surface area contributed by atoms with Gasteiger partial charge in [0.25, 0.3) is 0 Å². The molecule has 0 aromatic rings. The highest BCUT2D eigenvalue weighted by atomic mass is 32.2. The molecule has 0 saturated carbocycles. The molecule has 2 fully saturated rings. The van der Waals surface area contributed by atoms with Gasteiger partial charge >= 0.3 is 11.9 Å². The summed E-state index contributed by atoms with van der Waals surface area (Å²) >= 11 is 4.15. The lowest BCUT2D eigenvalue weighted by Crippen LogP contribution is -2.23. The normalized spacial score (nSPS) is 27.7. The first kappa shape index (κ1) is 25.6. The van der Waals surface area contributed by atoms with Crippen molar-refractivity contribution in [1.82, 2.24) is 0 Å². The topological polar surface area (TPSA) is 74.6 Å². The van der Waals surface area contributed by atoms with Gasteiger partial charge in [-0.25, -0.2) is 0 Å².